The zero-order valence-corrected chi connectivity index (χ0v) is 17.4. The highest BCUT2D eigenvalue weighted by atomic mass is 32.1. The molecule has 1 aliphatic heterocycles. The Kier molecular flexibility index (Phi) is 8.75. The number of carbonyl (C=O) groups excluding carboxylic acids is 1. The quantitative estimate of drug-likeness (QED) is 0.486. The summed E-state index contributed by atoms with van der Waals surface area (Å²) in [6, 6.07) is 3.49. The summed E-state index contributed by atoms with van der Waals surface area (Å²) in [7, 11) is 0. The van der Waals surface area contributed by atoms with Gasteiger partial charge < -0.3 is 15.1 Å². The van der Waals surface area contributed by atoms with E-state index < -0.39 is 12.1 Å². The minimum Gasteiger partial charge on any atom is -0.477 e. The Morgan fingerprint density at radius 3 is 2.89 bits per heavy atom. The van der Waals surface area contributed by atoms with Gasteiger partial charge in [-0.1, -0.05) is 26.0 Å². The minimum absolute atomic E-state index is 0.0222. The van der Waals surface area contributed by atoms with Gasteiger partial charge in [0.05, 0.1) is 12.1 Å². The zero-order valence-electron chi connectivity index (χ0n) is 16.6. The van der Waals surface area contributed by atoms with E-state index in [1.165, 1.54) is 11.3 Å². The van der Waals surface area contributed by atoms with Crippen LogP contribution in [0.4, 0.5) is 0 Å². The third-order valence-corrected chi connectivity index (χ3v) is 6.04. The molecule has 152 valence electrons. The summed E-state index contributed by atoms with van der Waals surface area (Å²) in [5, 5.41) is 19.3. The number of aliphatic hydroxyl groups is 1. The van der Waals surface area contributed by atoms with Crippen molar-refractivity contribution in [2.24, 2.45) is 5.92 Å². The lowest BCUT2D eigenvalue weighted by atomic mass is 10.00. The first-order valence-electron chi connectivity index (χ1n) is 9.86. The number of hydrogen-bond acceptors (Lipinski definition) is 4. The Labute approximate surface area is 171 Å². The number of aromatic carboxylic acids is 1. The second-order valence-corrected chi connectivity index (χ2v) is 8.30. The second kappa shape index (κ2) is 11.0. The molecular formula is C22H29NO4S. The minimum atomic E-state index is -0.898. The zero-order chi connectivity index (χ0) is 20.5. The van der Waals surface area contributed by atoms with Crippen LogP contribution in [-0.4, -0.2) is 45.7 Å². The fraction of sp³-hybridized carbons (Fsp3) is 0.545. The predicted molar refractivity (Wildman–Crippen MR) is 111 cm³/mol. The van der Waals surface area contributed by atoms with Crippen LogP contribution < -0.4 is 0 Å². The molecule has 1 aliphatic rings. The monoisotopic (exact) mass is 403 g/mol. The summed E-state index contributed by atoms with van der Waals surface area (Å²) >= 11 is 1.29. The van der Waals surface area contributed by atoms with Gasteiger partial charge >= 0.3 is 5.97 Å². The summed E-state index contributed by atoms with van der Waals surface area (Å²) in [5.74, 6) is 5.39. The van der Waals surface area contributed by atoms with E-state index in [-0.39, 0.29) is 17.9 Å². The summed E-state index contributed by atoms with van der Waals surface area (Å²) in [4.78, 5) is 26.4. The lowest BCUT2D eigenvalue weighted by molar-refractivity contribution is -0.128. The SMILES string of the molecule is CCC#CC[C@H](C)[C@H](O)C=CC1CCC(=O)N1CCCc1ccc(C(=O)O)s1. The maximum absolute atomic E-state index is 12.2. The maximum atomic E-state index is 12.2. The third kappa shape index (κ3) is 6.50. The molecule has 1 fully saturated rings. The van der Waals surface area contributed by atoms with Gasteiger partial charge in [0, 0.05) is 30.7 Å². The molecule has 0 saturated carbocycles. The van der Waals surface area contributed by atoms with E-state index in [0.29, 0.717) is 24.3 Å². The fourth-order valence-electron chi connectivity index (χ4n) is 3.21. The first-order valence-corrected chi connectivity index (χ1v) is 10.7. The van der Waals surface area contributed by atoms with Crippen LogP contribution in [0, 0.1) is 17.8 Å². The second-order valence-electron chi connectivity index (χ2n) is 7.13. The highest BCUT2D eigenvalue weighted by molar-refractivity contribution is 7.13. The number of aliphatic hydroxyl groups excluding tert-OH is 1. The van der Waals surface area contributed by atoms with Crippen LogP contribution in [0.25, 0.3) is 0 Å². The molecular weight excluding hydrogens is 374 g/mol. The van der Waals surface area contributed by atoms with Crippen LogP contribution in [-0.2, 0) is 11.2 Å². The van der Waals surface area contributed by atoms with Gasteiger partial charge in [-0.15, -0.1) is 23.2 Å². The van der Waals surface area contributed by atoms with Gasteiger partial charge in [0.25, 0.3) is 0 Å². The van der Waals surface area contributed by atoms with Crippen LogP contribution in [0.2, 0.25) is 0 Å². The molecule has 0 aliphatic carbocycles. The first kappa shape index (κ1) is 22.2. The van der Waals surface area contributed by atoms with E-state index in [4.69, 9.17) is 5.11 Å². The highest BCUT2D eigenvalue weighted by Gasteiger charge is 2.28. The largest absolute Gasteiger partial charge is 0.477 e. The number of carbonyl (C=O) groups is 2. The molecule has 3 atom stereocenters. The topological polar surface area (TPSA) is 77.8 Å². The predicted octanol–water partition coefficient (Wildman–Crippen LogP) is 3.73. The number of aryl methyl sites for hydroxylation is 1. The Balaban J connectivity index is 1.85. The van der Waals surface area contributed by atoms with E-state index in [1.807, 2.05) is 30.9 Å². The molecule has 1 unspecified atom stereocenters. The Bertz CT molecular complexity index is 758. The van der Waals surface area contributed by atoms with Crippen molar-refractivity contribution < 1.29 is 19.8 Å². The molecule has 2 N–H and O–H groups in total. The molecule has 1 aromatic rings. The van der Waals surface area contributed by atoms with Gasteiger partial charge in [-0.25, -0.2) is 4.79 Å². The summed E-state index contributed by atoms with van der Waals surface area (Å²) < 4.78 is 0. The number of likely N-dealkylation sites (tertiary alicyclic amines) is 1. The third-order valence-electron chi connectivity index (χ3n) is 4.91. The van der Waals surface area contributed by atoms with Crippen LogP contribution in [0.15, 0.2) is 24.3 Å². The van der Waals surface area contributed by atoms with E-state index in [2.05, 4.69) is 11.8 Å². The molecule has 1 aromatic heterocycles. The van der Waals surface area contributed by atoms with Crippen molar-refractivity contribution in [3.63, 3.8) is 0 Å². The molecule has 5 nitrogen and oxygen atoms in total. The number of nitrogens with zero attached hydrogens (tertiary/aromatic N) is 1. The molecule has 0 bridgehead atoms. The number of thiophene rings is 1. The smallest absolute Gasteiger partial charge is 0.345 e. The Hall–Kier alpha value is -2.10. The van der Waals surface area contributed by atoms with Crippen molar-refractivity contribution in [2.45, 2.75) is 64.5 Å². The van der Waals surface area contributed by atoms with Crippen LogP contribution in [0.1, 0.15) is 60.5 Å². The number of carboxylic acid groups (broad SMARTS) is 1. The standard InChI is InChI=1S/C22H29NO4S/c1-3-4-5-7-16(2)19(24)12-9-17-10-14-21(25)23(17)15-6-8-18-11-13-20(28-18)22(26)27/h9,11-13,16-17,19,24H,3,6-8,10,14-15H2,1-2H3,(H,26,27)/t16-,17?,19+/m0/s1. The number of rotatable bonds is 9. The molecule has 6 heteroatoms. The van der Waals surface area contributed by atoms with Crippen molar-refractivity contribution in [3.8, 4) is 11.8 Å². The molecule has 1 amide bonds. The molecule has 1 saturated heterocycles. The van der Waals surface area contributed by atoms with E-state index in [9.17, 15) is 14.7 Å². The van der Waals surface area contributed by atoms with Crippen LogP contribution in [0.5, 0.6) is 0 Å². The Morgan fingerprint density at radius 2 is 2.21 bits per heavy atom. The van der Waals surface area contributed by atoms with Gasteiger partial charge in [0.1, 0.15) is 4.88 Å². The normalized spacial score (nSPS) is 18.9. The number of amides is 1. The summed E-state index contributed by atoms with van der Waals surface area (Å²) in [5.41, 5.74) is 0. The van der Waals surface area contributed by atoms with E-state index in [0.717, 1.165) is 30.6 Å². The summed E-state index contributed by atoms with van der Waals surface area (Å²) in [6.45, 7) is 4.62. The maximum Gasteiger partial charge on any atom is 0.345 e. The lowest BCUT2D eigenvalue weighted by Gasteiger charge is -2.23. The van der Waals surface area contributed by atoms with Crippen molar-refractivity contribution in [1.82, 2.24) is 4.90 Å². The molecule has 2 rings (SSSR count). The average Bonchev–Trinajstić information content (AvgIpc) is 3.27. The molecule has 2 heterocycles. The van der Waals surface area contributed by atoms with Crippen molar-refractivity contribution >= 4 is 23.2 Å². The lowest BCUT2D eigenvalue weighted by Crippen LogP contribution is -2.33. The van der Waals surface area contributed by atoms with Gasteiger partial charge in [-0.05, 0) is 37.3 Å². The van der Waals surface area contributed by atoms with Crippen molar-refractivity contribution in [2.75, 3.05) is 6.54 Å². The molecule has 0 spiro atoms. The highest BCUT2D eigenvalue weighted by Crippen LogP contribution is 2.23. The summed E-state index contributed by atoms with van der Waals surface area (Å²) in [6.07, 6.45) is 7.52. The van der Waals surface area contributed by atoms with E-state index in [1.54, 1.807) is 12.1 Å². The fourth-order valence-corrected chi connectivity index (χ4v) is 4.10. The van der Waals surface area contributed by atoms with Gasteiger partial charge in [0.15, 0.2) is 0 Å². The first-order chi connectivity index (χ1) is 13.4. The molecule has 0 radical (unpaired) electrons. The van der Waals surface area contributed by atoms with Gasteiger partial charge in [-0.2, -0.15) is 0 Å². The molecule has 0 aromatic carbocycles. The Morgan fingerprint density at radius 1 is 1.43 bits per heavy atom. The number of carboxylic acids is 1. The van der Waals surface area contributed by atoms with Crippen LogP contribution in [0.3, 0.4) is 0 Å². The van der Waals surface area contributed by atoms with Crippen molar-refractivity contribution in [1.29, 1.82) is 0 Å². The van der Waals surface area contributed by atoms with Gasteiger partial charge in [0.2, 0.25) is 5.91 Å². The average molecular weight is 404 g/mol. The van der Waals surface area contributed by atoms with E-state index >= 15 is 0 Å². The van der Waals surface area contributed by atoms with Crippen molar-refractivity contribution in [3.05, 3.63) is 34.0 Å². The molecule has 28 heavy (non-hydrogen) atoms. The van der Waals surface area contributed by atoms with Crippen LogP contribution >= 0.6 is 11.3 Å². The number of hydrogen-bond donors (Lipinski definition) is 2. The van der Waals surface area contributed by atoms with Gasteiger partial charge in [-0.3, -0.25) is 4.79 Å².